The molecule has 7 heteroatoms. The van der Waals surface area contributed by atoms with Crippen LogP contribution in [-0.4, -0.2) is 42.4 Å². The van der Waals surface area contributed by atoms with E-state index in [1.165, 1.54) is 0 Å². The lowest BCUT2D eigenvalue weighted by molar-refractivity contribution is -0.140. The van der Waals surface area contributed by atoms with E-state index in [1.807, 2.05) is 24.3 Å². The van der Waals surface area contributed by atoms with E-state index < -0.39 is 5.97 Å². The number of nitrogens with one attached hydrogen (secondary N) is 1. The fourth-order valence-electron chi connectivity index (χ4n) is 3.55. The van der Waals surface area contributed by atoms with Crippen LogP contribution >= 0.6 is 0 Å². The van der Waals surface area contributed by atoms with Crippen molar-refractivity contribution in [2.45, 2.75) is 45.6 Å². The summed E-state index contributed by atoms with van der Waals surface area (Å²) in [6.45, 7) is 5.91. The number of nitrogens with zero attached hydrogens (tertiary/aromatic N) is 3. The number of hydrogen-bond donors (Lipinski definition) is 2. The number of hydrogen-bond acceptors (Lipinski definition) is 7. The number of aliphatic imine (C=N–C) groups is 1. The molecule has 0 aliphatic carbocycles. The smallest absolute Gasteiger partial charge is 0.351 e. The van der Waals surface area contributed by atoms with E-state index >= 15 is 0 Å². The van der Waals surface area contributed by atoms with Crippen molar-refractivity contribution in [2.24, 2.45) is 16.6 Å². The lowest BCUT2D eigenvalue weighted by Crippen LogP contribution is -2.45. The molecule has 7 nitrogen and oxygen atoms in total. The first-order valence-electron chi connectivity index (χ1n) is 10.3. The Morgan fingerprint density at radius 2 is 2.03 bits per heavy atom. The van der Waals surface area contributed by atoms with Crippen molar-refractivity contribution in [3.05, 3.63) is 35.5 Å². The molecule has 0 aromatic heterocycles. The number of nitrogens with two attached hydrogens (primary N) is 1. The van der Waals surface area contributed by atoms with Crippen molar-refractivity contribution in [3.8, 4) is 6.07 Å². The van der Waals surface area contributed by atoms with E-state index in [0.29, 0.717) is 24.1 Å². The van der Waals surface area contributed by atoms with Crippen molar-refractivity contribution >= 4 is 23.2 Å². The Labute approximate surface area is 172 Å². The highest BCUT2D eigenvalue weighted by atomic mass is 16.5. The van der Waals surface area contributed by atoms with Gasteiger partial charge in [0.05, 0.1) is 18.0 Å². The minimum Gasteiger partial charge on any atom is -0.461 e. The van der Waals surface area contributed by atoms with Gasteiger partial charge in [0.25, 0.3) is 0 Å². The standard InChI is InChI=1S/C22H29N5O2/c1-3-15(4-2)14-29-22(28)17(13-23)20-21(27-11-9-16(24)10-12-27)26-19-8-6-5-7-18(19)25-20/h5-8,15-16,25H,3-4,9-12,14,24H2,1-2H3/b20-17+. The van der Waals surface area contributed by atoms with E-state index in [9.17, 15) is 10.1 Å². The second kappa shape index (κ2) is 9.57. The van der Waals surface area contributed by atoms with Crippen LogP contribution in [0.4, 0.5) is 11.4 Å². The Morgan fingerprint density at radius 1 is 1.34 bits per heavy atom. The lowest BCUT2D eigenvalue weighted by Gasteiger charge is -2.35. The maximum Gasteiger partial charge on any atom is 0.351 e. The van der Waals surface area contributed by atoms with E-state index in [2.05, 4.69) is 30.1 Å². The second-order valence-electron chi connectivity index (χ2n) is 7.54. The van der Waals surface area contributed by atoms with E-state index in [0.717, 1.165) is 50.1 Å². The number of amidine groups is 1. The quantitative estimate of drug-likeness (QED) is 0.450. The predicted molar refractivity (Wildman–Crippen MR) is 114 cm³/mol. The number of fused-ring (bicyclic) bond motifs is 1. The van der Waals surface area contributed by atoms with Gasteiger partial charge in [-0.2, -0.15) is 5.26 Å². The summed E-state index contributed by atoms with van der Waals surface area (Å²) in [7, 11) is 0. The fraction of sp³-hybridized carbons (Fsp3) is 0.500. The topological polar surface area (TPSA) is 104 Å². The molecule has 0 saturated carbocycles. The monoisotopic (exact) mass is 395 g/mol. The third-order valence-electron chi connectivity index (χ3n) is 5.62. The number of nitriles is 1. The number of esters is 1. The minimum absolute atomic E-state index is 0.0425. The Bertz CT molecular complexity index is 843. The zero-order valence-electron chi connectivity index (χ0n) is 17.1. The zero-order chi connectivity index (χ0) is 20.8. The van der Waals surface area contributed by atoms with Gasteiger partial charge in [0.1, 0.15) is 11.8 Å². The number of ether oxygens (including phenoxy) is 1. The van der Waals surface area contributed by atoms with Gasteiger partial charge in [0.15, 0.2) is 11.4 Å². The normalized spacial score (nSPS) is 18.4. The second-order valence-corrected chi connectivity index (χ2v) is 7.54. The van der Waals surface area contributed by atoms with Gasteiger partial charge in [-0.25, -0.2) is 9.79 Å². The maximum absolute atomic E-state index is 12.8. The van der Waals surface area contributed by atoms with Crippen molar-refractivity contribution < 1.29 is 9.53 Å². The van der Waals surface area contributed by atoms with Crippen LogP contribution in [0.1, 0.15) is 39.5 Å². The fourth-order valence-corrected chi connectivity index (χ4v) is 3.55. The number of carbonyl (C=O) groups excluding carboxylic acids is 1. The van der Waals surface area contributed by atoms with Crippen molar-refractivity contribution in [3.63, 3.8) is 0 Å². The maximum atomic E-state index is 12.8. The first-order chi connectivity index (χ1) is 14.1. The van der Waals surface area contributed by atoms with Crippen LogP contribution in [0.5, 0.6) is 0 Å². The molecule has 3 rings (SSSR count). The number of benzene rings is 1. The van der Waals surface area contributed by atoms with E-state index in [4.69, 9.17) is 15.5 Å². The average molecular weight is 396 g/mol. The van der Waals surface area contributed by atoms with Crippen LogP contribution in [0.2, 0.25) is 0 Å². The molecule has 154 valence electrons. The Morgan fingerprint density at radius 3 is 2.69 bits per heavy atom. The van der Waals surface area contributed by atoms with Crippen LogP contribution in [0, 0.1) is 17.2 Å². The summed E-state index contributed by atoms with van der Waals surface area (Å²) < 4.78 is 5.48. The summed E-state index contributed by atoms with van der Waals surface area (Å²) >= 11 is 0. The van der Waals surface area contributed by atoms with E-state index in [1.54, 1.807) is 0 Å². The largest absolute Gasteiger partial charge is 0.461 e. The zero-order valence-corrected chi connectivity index (χ0v) is 17.1. The SMILES string of the molecule is CCC(CC)COC(=O)/C(C#N)=C1/Nc2ccccc2N=C1N1CCC(N)CC1. The molecule has 0 bridgehead atoms. The van der Waals surface area contributed by atoms with Gasteiger partial charge in [-0.1, -0.05) is 38.8 Å². The molecular formula is C22H29N5O2. The summed E-state index contributed by atoms with van der Waals surface area (Å²) in [6, 6.07) is 9.81. The van der Waals surface area contributed by atoms with Crippen LogP contribution in [-0.2, 0) is 9.53 Å². The highest BCUT2D eigenvalue weighted by molar-refractivity contribution is 6.12. The number of likely N-dealkylation sites (tertiary alicyclic amines) is 1. The molecule has 2 aliphatic heterocycles. The van der Waals surface area contributed by atoms with Gasteiger partial charge in [0.2, 0.25) is 0 Å². The molecule has 29 heavy (non-hydrogen) atoms. The van der Waals surface area contributed by atoms with Gasteiger partial charge in [0, 0.05) is 19.1 Å². The summed E-state index contributed by atoms with van der Waals surface area (Å²) in [5.41, 5.74) is 7.96. The molecule has 0 atom stereocenters. The van der Waals surface area contributed by atoms with Crippen LogP contribution in [0.25, 0.3) is 0 Å². The molecule has 1 aromatic carbocycles. The third kappa shape index (κ3) is 4.77. The van der Waals surface area contributed by atoms with Crippen LogP contribution < -0.4 is 11.1 Å². The molecule has 0 radical (unpaired) electrons. The van der Waals surface area contributed by atoms with Gasteiger partial charge in [-0.05, 0) is 30.9 Å². The predicted octanol–water partition coefficient (Wildman–Crippen LogP) is 3.32. The number of carbonyl (C=O) groups is 1. The van der Waals surface area contributed by atoms with Gasteiger partial charge in [-0.3, -0.25) is 0 Å². The highest BCUT2D eigenvalue weighted by Crippen LogP contribution is 2.33. The Kier molecular flexibility index (Phi) is 6.89. The summed E-state index contributed by atoms with van der Waals surface area (Å²) in [4.78, 5) is 19.6. The lowest BCUT2D eigenvalue weighted by atomic mass is 10.0. The van der Waals surface area contributed by atoms with Gasteiger partial charge >= 0.3 is 5.97 Å². The summed E-state index contributed by atoms with van der Waals surface area (Å²) in [5, 5.41) is 13.0. The van der Waals surface area contributed by atoms with Crippen molar-refractivity contribution in [1.82, 2.24) is 4.90 Å². The molecule has 0 unspecified atom stereocenters. The van der Waals surface area contributed by atoms with Crippen LogP contribution in [0.15, 0.2) is 40.5 Å². The molecular weight excluding hydrogens is 366 g/mol. The van der Waals surface area contributed by atoms with Gasteiger partial charge in [-0.15, -0.1) is 0 Å². The molecule has 3 N–H and O–H groups in total. The minimum atomic E-state index is -0.609. The average Bonchev–Trinajstić information content (AvgIpc) is 2.75. The first kappa shape index (κ1) is 20.9. The van der Waals surface area contributed by atoms with Crippen molar-refractivity contribution in [1.29, 1.82) is 5.26 Å². The molecule has 0 spiro atoms. The van der Waals surface area contributed by atoms with Gasteiger partial charge < -0.3 is 20.7 Å². The summed E-state index contributed by atoms with van der Waals surface area (Å²) in [6.07, 6.45) is 3.53. The third-order valence-corrected chi connectivity index (χ3v) is 5.62. The molecule has 2 aliphatic rings. The molecule has 2 heterocycles. The molecule has 1 fully saturated rings. The Hall–Kier alpha value is -2.85. The summed E-state index contributed by atoms with van der Waals surface area (Å²) in [5.74, 6) is 0.287. The molecule has 1 aromatic rings. The number of piperidine rings is 1. The Balaban J connectivity index is 1.94. The highest BCUT2D eigenvalue weighted by Gasteiger charge is 2.30. The number of rotatable bonds is 5. The van der Waals surface area contributed by atoms with Crippen molar-refractivity contribution in [2.75, 3.05) is 25.0 Å². The molecule has 1 saturated heterocycles. The first-order valence-corrected chi connectivity index (χ1v) is 10.3. The molecule has 0 amide bonds. The van der Waals surface area contributed by atoms with E-state index in [-0.39, 0.29) is 11.6 Å². The van der Waals surface area contributed by atoms with Crippen LogP contribution in [0.3, 0.4) is 0 Å². The number of para-hydroxylation sites is 2. The number of anilines is 1.